The number of hydrogen-bond acceptors (Lipinski definition) is 6. The number of nitrogens with one attached hydrogen (secondary N) is 2. The summed E-state index contributed by atoms with van der Waals surface area (Å²) in [5.41, 5.74) is 2.71. The minimum atomic E-state index is -0.183. The van der Waals surface area contributed by atoms with Crippen molar-refractivity contribution in [2.75, 3.05) is 49.2 Å². The molecule has 0 atom stereocenters. The normalized spacial score (nSPS) is 14.7. The number of carbonyl (C=O) groups excluding carboxylic acids is 1. The van der Waals surface area contributed by atoms with Crippen molar-refractivity contribution in [1.82, 2.24) is 14.9 Å². The number of aromatic amines is 1. The van der Waals surface area contributed by atoms with E-state index in [4.69, 9.17) is 11.6 Å². The zero-order chi connectivity index (χ0) is 21.7. The fourth-order valence-corrected chi connectivity index (χ4v) is 4.21. The van der Waals surface area contributed by atoms with Crippen LogP contribution in [0.1, 0.15) is 24.6 Å². The quantitative estimate of drug-likeness (QED) is 0.499. The first-order chi connectivity index (χ1) is 14.4. The number of hydrogen-bond donors (Lipinski definition) is 2. The molecule has 0 unspecified atom stereocenters. The highest BCUT2D eigenvalue weighted by Crippen LogP contribution is 2.30. The molecular weight excluding hydrogens is 422 g/mol. The van der Waals surface area contributed by atoms with E-state index in [9.17, 15) is 9.59 Å². The average molecular weight is 450 g/mol. The van der Waals surface area contributed by atoms with Gasteiger partial charge in [0.2, 0.25) is 5.91 Å². The van der Waals surface area contributed by atoms with Gasteiger partial charge < -0.3 is 20.1 Å². The summed E-state index contributed by atoms with van der Waals surface area (Å²) in [4.78, 5) is 36.7. The van der Waals surface area contributed by atoms with Crippen molar-refractivity contribution < 1.29 is 4.79 Å². The number of rotatable bonds is 7. The third-order valence-corrected chi connectivity index (χ3v) is 6.20. The molecule has 0 radical (unpaired) electrons. The Morgan fingerprint density at radius 1 is 1.30 bits per heavy atom. The summed E-state index contributed by atoms with van der Waals surface area (Å²) < 4.78 is 0. The average Bonchev–Trinajstić information content (AvgIpc) is 2.73. The Hall–Kier alpha value is -2.03. The lowest BCUT2D eigenvalue weighted by molar-refractivity contribution is -0.116. The van der Waals surface area contributed by atoms with E-state index in [1.807, 2.05) is 18.4 Å². The summed E-state index contributed by atoms with van der Waals surface area (Å²) in [6.07, 6.45) is 2.38. The number of halogens is 1. The molecule has 1 aromatic heterocycles. The molecule has 1 saturated heterocycles. The number of piperazine rings is 1. The van der Waals surface area contributed by atoms with Crippen molar-refractivity contribution in [2.45, 2.75) is 31.8 Å². The largest absolute Gasteiger partial charge is 0.367 e. The van der Waals surface area contributed by atoms with Crippen LogP contribution in [0.3, 0.4) is 0 Å². The maximum absolute atomic E-state index is 12.7. The molecule has 9 heteroatoms. The van der Waals surface area contributed by atoms with Crippen molar-refractivity contribution in [3.63, 3.8) is 0 Å². The molecule has 0 saturated carbocycles. The molecular formula is C21H28ClN5O2S. The van der Waals surface area contributed by atoms with Crippen molar-refractivity contribution in [2.24, 2.45) is 0 Å². The first-order valence-corrected chi connectivity index (χ1v) is 11.7. The van der Waals surface area contributed by atoms with Gasteiger partial charge in [0.1, 0.15) is 0 Å². The second-order valence-electron chi connectivity index (χ2n) is 7.27. The van der Waals surface area contributed by atoms with Crippen molar-refractivity contribution in [3.8, 4) is 0 Å². The standard InChI is InChI=1S/C21H28ClN5O2S/c1-4-26-9-11-27(12-10-26)18-7-5-15(22)13-17(18)24-19(28)8-6-16-14(2)23-21(30-3)25-20(16)29/h5,7,13H,4,6,8-12H2,1-3H3,(H,24,28)(H,23,25,29). The van der Waals surface area contributed by atoms with Crippen molar-refractivity contribution in [3.05, 3.63) is 44.8 Å². The molecule has 2 N–H and O–H groups in total. The van der Waals surface area contributed by atoms with Crippen LogP contribution in [-0.4, -0.2) is 59.8 Å². The lowest BCUT2D eigenvalue weighted by atomic mass is 10.1. The number of amides is 1. The van der Waals surface area contributed by atoms with Crippen LogP contribution in [0.5, 0.6) is 0 Å². The predicted molar refractivity (Wildman–Crippen MR) is 124 cm³/mol. The van der Waals surface area contributed by atoms with Crippen LogP contribution in [-0.2, 0) is 11.2 Å². The highest BCUT2D eigenvalue weighted by molar-refractivity contribution is 7.98. The summed E-state index contributed by atoms with van der Waals surface area (Å²) in [5.74, 6) is -0.154. The maximum Gasteiger partial charge on any atom is 0.254 e. The number of likely N-dealkylation sites (N-methyl/N-ethyl adjacent to an activating group) is 1. The van der Waals surface area contributed by atoms with Gasteiger partial charge in [-0.25, -0.2) is 4.98 Å². The van der Waals surface area contributed by atoms with E-state index in [1.165, 1.54) is 11.8 Å². The van der Waals surface area contributed by atoms with Gasteiger partial charge in [-0.3, -0.25) is 9.59 Å². The Bertz CT molecular complexity index is 957. The van der Waals surface area contributed by atoms with Crippen molar-refractivity contribution in [1.29, 1.82) is 0 Å². The van der Waals surface area contributed by atoms with Gasteiger partial charge in [-0.15, -0.1) is 0 Å². The fourth-order valence-electron chi connectivity index (χ4n) is 3.62. The number of anilines is 2. The monoisotopic (exact) mass is 449 g/mol. The highest BCUT2D eigenvalue weighted by Gasteiger charge is 2.19. The Labute approximate surface area is 186 Å². The smallest absolute Gasteiger partial charge is 0.254 e. The number of H-pyrrole nitrogens is 1. The zero-order valence-corrected chi connectivity index (χ0v) is 19.2. The molecule has 3 rings (SSSR count). The molecule has 0 bridgehead atoms. The second-order valence-corrected chi connectivity index (χ2v) is 8.50. The van der Waals surface area contributed by atoms with E-state index >= 15 is 0 Å². The van der Waals surface area contributed by atoms with Gasteiger partial charge in [0, 0.05) is 48.9 Å². The molecule has 1 aliphatic heterocycles. The molecule has 30 heavy (non-hydrogen) atoms. The Kier molecular flexibility index (Phi) is 7.80. The number of aryl methyl sites for hydroxylation is 1. The number of aromatic nitrogens is 2. The number of nitrogens with zero attached hydrogens (tertiary/aromatic N) is 3. The minimum absolute atomic E-state index is 0.154. The Balaban J connectivity index is 1.68. The van der Waals surface area contributed by atoms with E-state index in [0.29, 0.717) is 33.5 Å². The lowest BCUT2D eigenvalue weighted by Crippen LogP contribution is -2.46. The van der Waals surface area contributed by atoms with Crippen LogP contribution >= 0.6 is 23.4 Å². The number of thioether (sulfide) groups is 1. The van der Waals surface area contributed by atoms with Gasteiger partial charge in [0.05, 0.1) is 11.4 Å². The molecule has 0 spiro atoms. The van der Waals surface area contributed by atoms with Crippen LogP contribution in [0.15, 0.2) is 28.2 Å². The summed E-state index contributed by atoms with van der Waals surface area (Å²) >= 11 is 7.58. The van der Waals surface area contributed by atoms with E-state index < -0.39 is 0 Å². The van der Waals surface area contributed by atoms with Crippen LogP contribution in [0.2, 0.25) is 5.02 Å². The lowest BCUT2D eigenvalue weighted by Gasteiger charge is -2.36. The summed E-state index contributed by atoms with van der Waals surface area (Å²) in [6.45, 7) is 8.80. The van der Waals surface area contributed by atoms with Gasteiger partial charge in [-0.2, -0.15) is 0 Å². The van der Waals surface area contributed by atoms with Gasteiger partial charge in [-0.1, -0.05) is 30.3 Å². The van der Waals surface area contributed by atoms with Crippen LogP contribution < -0.4 is 15.8 Å². The van der Waals surface area contributed by atoms with Crippen LogP contribution in [0.4, 0.5) is 11.4 Å². The zero-order valence-electron chi connectivity index (χ0n) is 17.6. The molecule has 7 nitrogen and oxygen atoms in total. The molecule has 1 amide bonds. The molecule has 2 heterocycles. The molecule has 0 aliphatic carbocycles. The molecule has 2 aromatic rings. The number of carbonyl (C=O) groups is 1. The predicted octanol–water partition coefficient (Wildman–Crippen LogP) is 3.17. The molecule has 1 aromatic carbocycles. The van der Waals surface area contributed by atoms with E-state index in [0.717, 1.165) is 38.4 Å². The molecule has 162 valence electrons. The first-order valence-electron chi connectivity index (χ1n) is 10.1. The van der Waals surface area contributed by atoms with Gasteiger partial charge in [0.15, 0.2) is 5.16 Å². The molecule has 1 aliphatic rings. The van der Waals surface area contributed by atoms with Crippen LogP contribution in [0.25, 0.3) is 0 Å². The maximum atomic E-state index is 12.7. The third kappa shape index (κ3) is 5.56. The van der Waals surface area contributed by atoms with Gasteiger partial charge in [0.25, 0.3) is 5.56 Å². The van der Waals surface area contributed by atoms with Crippen molar-refractivity contribution >= 4 is 40.6 Å². The SMILES string of the molecule is CCN1CCN(c2ccc(Cl)cc2NC(=O)CCc2c(C)nc(SC)[nH]c2=O)CC1. The van der Waals surface area contributed by atoms with Gasteiger partial charge in [-0.05, 0) is 44.3 Å². The minimum Gasteiger partial charge on any atom is -0.367 e. The highest BCUT2D eigenvalue weighted by atomic mass is 35.5. The Morgan fingerprint density at radius 3 is 2.67 bits per heavy atom. The Morgan fingerprint density at radius 2 is 2.03 bits per heavy atom. The second kappa shape index (κ2) is 10.3. The summed E-state index contributed by atoms with van der Waals surface area (Å²) in [5, 5.41) is 4.15. The topological polar surface area (TPSA) is 81.3 Å². The van der Waals surface area contributed by atoms with Gasteiger partial charge >= 0.3 is 0 Å². The van der Waals surface area contributed by atoms with E-state index in [1.54, 1.807) is 13.0 Å². The first kappa shape index (κ1) is 22.7. The van der Waals surface area contributed by atoms with Crippen LogP contribution in [0, 0.1) is 6.92 Å². The number of benzene rings is 1. The van der Waals surface area contributed by atoms with E-state index in [2.05, 4.69) is 32.0 Å². The summed E-state index contributed by atoms with van der Waals surface area (Å²) in [7, 11) is 0. The summed E-state index contributed by atoms with van der Waals surface area (Å²) in [6, 6.07) is 5.59. The third-order valence-electron chi connectivity index (χ3n) is 5.39. The fraction of sp³-hybridized carbons (Fsp3) is 0.476. The molecule has 1 fully saturated rings. The van der Waals surface area contributed by atoms with E-state index in [-0.39, 0.29) is 17.9 Å².